The van der Waals surface area contributed by atoms with Gasteiger partial charge in [-0.1, -0.05) is 0 Å². The van der Waals surface area contributed by atoms with Gasteiger partial charge in [-0.15, -0.1) is 0 Å². The van der Waals surface area contributed by atoms with Crippen molar-refractivity contribution in [2.24, 2.45) is 0 Å². The summed E-state index contributed by atoms with van der Waals surface area (Å²) in [6, 6.07) is 0. The van der Waals surface area contributed by atoms with Crippen LogP contribution in [0.4, 0.5) is 13.2 Å². The molecule has 0 bridgehead atoms. The standard InChI is InChI=1S/C9H12F3NO5/c10-9(11,12)5-18-3-6(14)13-8(7(15)16)1-2-17-4-8/h1-5H2,(H,13,14)(H,15,16). The van der Waals surface area contributed by atoms with Crippen LogP contribution in [-0.2, 0) is 19.1 Å². The van der Waals surface area contributed by atoms with E-state index in [0.29, 0.717) is 0 Å². The van der Waals surface area contributed by atoms with Gasteiger partial charge in [-0.25, -0.2) is 4.79 Å². The van der Waals surface area contributed by atoms with Gasteiger partial charge in [0.05, 0.1) is 6.61 Å². The van der Waals surface area contributed by atoms with Gasteiger partial charge in [0.15, 0.2) is 5.54 Å². The molecule has 1 fully saturated rings. The molecule has 0 aromatic heterocycles. The maximum atomic E-state index is 11.7. The number of aliphatic carboxylic acids is 1. The number of halogens is 3. The lowest BCUT2D eigenvalue weighted by Gasteiger charge is -2.23. The highest BCUT2D eigenvalue weighted by Crippen LogP contribution is 2.19. The van der Waals surface area contributed by atoms with Crippen LogP contribution in [0.25, 0.3) is 0 Å². The Hall–Kier alpha value is -1.35. The molecule has 0 aromatic carbocycles. The number of carboxylic acid groups (broad SMARTS) is 1. The molecule has 0 spiro atoms. The van der Waals surface area contributed by atoms with Crippen molar-refractivity contribution < 1.29 is 37.3 Å². The van der Waals surface area contributed by atoms with Crippen LogP contribution in [-0.4, -0.2) is 55.1 Å². The predicted octanol–water partition coefficient (Wildman–Crippen LogP) is -0.0748. The Morgan fingerprint density at radius 2 is 2.11 bits per heavy atom. The van der Waals surface area contributed by atoms with E-state index in [9.17, 15) is 22.8 Å². The van der Waals surface area contributed by atoms with Gasteiger partial charge in [0.1, 0.15) is 13.2 Å². The summed E-state index contributed by atoms with van der Waals surface area (Å²) in [4.78, 5) is 22.2. The van der Waals surface area contributed by atoms with Crippen molar-refractivity contribution in [2.75, 3.05) is 26.4 Å². The second-order valence-corrected chi connectivity index (χ2v) is 3.85. The van der Waals surface area contributed by atoms with Crippen molar-refractivity contribution in [1.82, 2.24) is 5.32 Å². The number of hydrogen-bond acceptors (Lipinski definition) is 4. The van der Waals surface area contributed by atoms with Crippen LogP contribution >= 0.6 is 0 Å². The smallest absolute Gasteiger partial charge is 0.411 e. The lowest BCUT2D eigenvalue weighted by molar-refractivity contribution is -0.176. The van der Waals surface area contributed by atoms with Gasteiger partial charge >= 0.3 is 12.1 Å². The molecule has 1 rings (SSSR count). The summed E-state index contributed by atoms with van der Waals surface area (Å²) in [5, 5.41) is 11.1. The van der Waals surface area contributed by atoms with E-state index in [0.717, 1.165) is 0 Å². The summed E-state index contributed by atoms with van der Waals surface area (Å²) >= 11 is 0. The Morgan fingerprint density at radius 3 is 2.56 bits per heavy atom. The number of carbonyl (C=O) groups excluding carboxylic acids is 1. The summed E-state index contributed by atoms with van der Waals surface area (Å²) in [6.07, 6.45) is -4.46. The average Bonchev–Trinajstić information content (AvgIpc) is 2.65. The van der Waals surface area contributed by atoms with Gasteiger partial charge in [0.2, 0.25) is 5.91 Å². The summed E-state index contributed by atoms with van der Waals surface area (Å²) < 4.78 is 44.2. The second-order valence-electron chi connectivity index (χ2n) is 3.85. The number of ether oxygens (including phenoxy) is 2. The van der Waals surface area contributed by atoms with Crippen LogP contribution in [0.2, 0.25) is 0 Å². The fraction of sp³-hybridized carbons (Fsp3) is 0.778. The van der Waals surface area contributed by atoms with Crippen LogP contribution < -0.4 is 5.32 Å². The molecule has 1 atom stereocenters. The molecule has 2 N–H and O–H groups in total. The Labute approximate surface area is 100 Å². The number of rotatable bonds is 5. The van der Waals surface area contributed by atoms with E-state index >= 15 is 0 Å². The van der Waals surface area contributed by atoms with Crippen molar-refractivity contribution in [3.63, 3.8) is 0 Å². The van der Waals surface area contributed by atoms with Gasteiger partial charge in [-0.2, -0.15) is 13.2 Å². The van der Waals surface area contributed by atoms with Crippen molar-refractivity contribution in [2.45, 2.75) is 18.1 Å². The Balaban J connectivity index is 2.41. The minimum Gasteiger partial charge on any atom is -0.479 e. The Bertz CT molecular complexity index is 325. The molecule has 1 aliphatic rings. The fourth-order valence-electron chi connectivity index (χ4n) is 1.45. The molecular weight excluding hydrogens is 259 g/mol. The van der Waals surface area contributed by atoms with E-state index in [1.54, 1.807) is 0 Å². The molecular formula is C9H12F3NO5. The summed E-state index contributed by atoms with van der Waals surface area (Å²) in [7, 11) is 0. The van der Waals surface area contributed by atoms with E-state index in [2.05, 4.69) is 10.1 Å². The van der Waals surface area contributed by atoms with E-state index in [4.69, 9.17) is 9.84 Å². The molecule has 0 aromatic rings. The molecule has 6 nitrogen and oxygen atoms in total. The number of carboxylic acids is 1. The minimum atomic E-state index is -4.53. The zero-order valence-electron chi connectivity index (χ0n) is 9.25. The molecule has 1 saturated heterocycles. The Morgan fingerprint density at radius 1 is 1.44 bits per heavy atom. The summed E-state index contributed by atoms with van der Waals surface area (Å²) in [6.45, 7) is -2.46. The highest BCUT2D eigenvalue weighted by atomic mass is 19.4. The first-order chi connectivity index (χ1) is 8.25. The lowest BCUT2D eigenvalue weighted by atomic mass is 9.99. The zero-order chi connectivity index (χ0) is 13.8. The maximum absolute atomic E-state index is 11.7. The first-order valence-electron chi connectivity index (χ1n) is 5.02. The number of amides is 1. The highest BCUT2D eigenvalue weighted by molar-refractivity contribution is 5.87. The zero-order valence-corrected chi connectivity index (χ0v) is 9.25. The molecule has 18 heavy (non-hydrogen) atoms. The van der Waals surface area contributed by atoms with Crippen LogP contribution in [0.15, 0.2) is 0 Å². The first kappa shape index (κ1) is 14.7. The number of nitrogens with one attached hydrogen (secondary N) is 1. The van der Waals surface area contributed by atoms with E-state index in [1.807, 2.05) is 0 Å². The number of alkyl halides is 3. The maximum Gasteiger partial charge on any atom is 0.411 e. The van der Waals surface area contributed by atoms with Gasteiger partial charge in [0.25, 0.3) is 0 Å². The lowest BCUT2D eigenvalue weighted by Crippen LogP contribution is -2.56. The van der Waals surface area contributed by atoms with E-state index < -0.39 is 36.8 Å². The van der Waals surface area contributed by atoms with E-state index in [1.165, 1.54) is 0 Å². The molecule has 0 radical (unpaired) electrons. The van der Waals surface area contributed by atoms with Crippen LogP contribution in [0.5, 0.6) is 0 Å². The normalized spacial score (nSPS) is 23.9. The first-order valence-corrected chi connectivity index (χ1v) is 5.02. The fourth-order valence-corrected chi connectivity index (χ4v) is 1.45. The Kier molecular flexibility index (Phi) is 4.52. The monoisotopic (exact) mass is 271 g/mol. The third-order valence-electron chi connectivity index (χ3n) is 2.31. The number of carbonyl (C=O) groups is 2. The number of hydrogen-bond donors (Lipinski definition) is 2. The van der Waals surface area contributed by atoms with Crippen LogP contribution in [0, 0.1) is 0 Å². The van der Waals surface area contributed by atoms with Crippen molar-refractivity contribution in [3.05, 3.63) is 0 Å². The molecule has 9 heteroatoms. The van der Waals surface area contributed by atoms with E-state index in [-0.39, 0.29) is 19.6 Å². The largest absolute Gasteiger partial charge is 0.479 e. The van der Waals surface area contributed by atoms with Gasteiger partial charge < -0.3 is 19.9 Å². The third-order valence-corrected chi connectivity index (χ3v) is 2.31. The topological polar surface area (TPSA) is 84.9 Å². The highest BCUT2D eigenvalue weighted by Gasteiger charge is 2.44. The molecule has 1 aliphatic heterocycles. The van der Waals surface area contributed by atoms with Crippen LogP contribution in [0.1, 0.15) is 6.42 Å². The molecule has 0 saturated carbocycles. The van der Waals surface area contributed by atoms with Gasteiger partial charge in [-0.3, -0.25) is 4.79 Å². The summed E-state index contributed by atoms with van der Waals surface area (Å²) in [5.41, 5.74) is -1.57. The minimum absolute atomic E-state index is 0.0628. The SMILES string of the molecule is O=C(COCC(F)(F)F)NC1(C(=O)O)CCOC1. The molecule has 1 unspecified atom stereocenters. The molecule has 1 amide bonds. The van der Waals surface area contributed by atoms with Crippen molar-refractivity contribution >= 4 is 11.9 Å². The predicted molar refractivity (Wildman–Crippen MR) is 50.8 cm³/mol. The second kappa shape index (κ2) is 5.53. The van der Waals surface area contributed by atoms with Crippen molar-refractivity contribution in [3.8, 4) is 0 Å². The molecule has 104 valence electrons. The van der Waals surface area contributed by atoms with Crippen LogP contribution in [0.3, 0.4) is 0 Å². The van der Waals surface area contributed by atoms with Crippen molar-refractivity contribution in [1.29, 1.82) is 0 Å². The third kappa shape index (κ3) is 4.15. The molecule has 0 aliphatic carbocycles. The summed E-state index contributed by atoms with van der Waals surface area (Å²) in [5.74, 6) is -2.21. The molecule has 1 heterocycles. The van der Waals surface area contributed by atoms with Gasteiger partial charge in [0, 0.05) is 13.0 Å². The average molecular weight is 271 g/mol. The quantitative estimate of drug-likeness (QED) is 0.731. The van der Waals surface area contributed by atoms with Gasteiger partial charge in [-0.05, 0) is 0 Å².